The molecule has 0 unspecified atom stereocenters. The first-order chi connectivity index (χ1) is 16.9. The monoisotopic (exact) mass is 508 g/mol. The summed E-state index contributed by atoms with van der Waals surface area (Å²) < 4.78 is 34.3. The molecule has 1 amide bonds. The maximum absolute atomic E-state index is 13.3. The Morgan fingerprint density at radius 2 is 1.58 bits per heavy atom. The van der Waals surface area contributed by atoms with Crippen molar-refractivity contribution in [3.05, 3.63) is 95.1 Å². The van der Waals surface area contributed by atoms with Crippen LogP contribution >= 0.6 is 0 Å². The smallest absolute Gasteiger partial charge is 0.340 e. The largest absolute Gasteiger partial charge is 0.452 e. The molecule has 36 heavy (non-hydrogen) atoms. The Morgan fingerprint density at radius 1 is 0.944 bits per heavy atom. The third-order valence-corrected chi connectivity index (χ3v) is 7.26. The maximum atomic E-state index is 13.3. The molecule has 3 aromatic carbocycles. The third kappa shape index (κ3) is 6.73. The van der Waals surface area contributed by atoms with Crippen molar-refractivity contribution in [2.45, 2.75) is 44.6 Å². The molecule has 0 saturated carbocycles. The van der Waals surface area contributed by atoms with Gasteiger partial charge < -0.3 is 9.64 Å². The van der Waals surface area contributed by atoms with Crippen LogP contribution in [0.1, 0.15) is 47.8 Å². The molecule has 0 aliphatic carbocycles. The van der Waals surface area contributed by atoms with E-state index >= 15 is 0 Å². The average molecular weight is 509 g/mol. The number of rotatable bonds is 8. The summed E-state index contributed by atoms with van der Waals surface area (Å²) in [5.41, 5.74) is 2.27. The Kier molecular flexibility index (Phi) is 8.20. The Morgan fingerprint density at radius 3 is 2.25 bits per heavy atom. The number of nitrogens with one attached hydrogen (secondary N) is 1. The molecule has 0 heterocycles. The third-order valence-electron chi connectivity index (χ3n) is 5.75. The number of para-hydroxylation sites is 1. The lowest BCUT2D eigenvalue weighted by Gasteiger charge is -2.21. The number of esters is 1. The zero-order valence-corrected chi connectivity index (χ0v) is 22.1. The van der Waals surface area contributed by atoms with E-state index in [1.165, 1.54) is 17.0 Å². The Bertz CT molecular complexity index is 1350. The van der Waals surface area contributed by atoms with Gasteiger partial charge in [0.15, 0.2) is 6.61 Å². The molecule has 0 spiro atoms. The van der Waals surface area contributed by atoms with E-state index in [0.717, 1.165) is 11.1 Å². The fraction of sp³-hybridized carbons (Fsp3) is 0.286. The van der Waals surface area contributed by atoms with Gasteiger partial charge in [-0.05, 0) is 47.2 Å². The fourth-order valence-electron chi connectivity index (χ4n) is 3.57. The Hall–Kier alpha value is -3.65. The lowest BCUT2D eigenvalue weighted by molar-refractivity contribution is -0.133. The van der Waals surface area contributed by atoms with Gasteiger partial charge in [0, 0.05) is 13.6 Å². The van der Waals surface area contributed by atoms with Gasteiger partial charge in [-0.2, -0.15) is 0 Å². The molecule has 0 bridgehead atoms. The molecule has 0 atom stereocenters. The molecule has 0 aliphatic heterocycles. The van der Waals surface area contributed by atoms with Crippen molar-refractivity contribution < 1.29 is 22.7 Å². The molecular formula is C28H32N2O5S. The summed E-state index contributed by atoms with van der Waals surface area (Å²) in [7, 11) is -2.37. The van der Waals surface area contributed by atoms with Crippen molar-refractivity contribution in [2.75, 3.05) is 18.4 Å². The lowest BCUT2D eigenvalue weighted by Crippen LogP contribution is -2.31. The summed E-state index contributed by atoms with van der Waals surface area (Å²) in [6.45, 7) is 7.65. The highest BCUT2D eigenvalue weighted by Gasteiger charge is 2.24. The molecule has 0 aromatic heterocycles. The number of carbonyl (C=O) groups excluding carboxylic acids is 2. The topological polar surface area (TPSA) is 92.8 Å². The number of hydrogen-bond donors (Lipinski definition) is 1. The Labute approximate surface area is 213 Å². The van der Waals surface area contributed by atoms with E-state index in [2.05, 4.69) is 4.72 Å². The van der Waals surface area contributed by atoms with Crippen LogP contribution in [0.2, 0.25) is 0 Å². The zero-order valence-electron chi connectivity index (χ0n) is 21.2. The minimum absolute atomic E-state index is 0.0178. The average Bonchev–Trinajstić information content (AvgIpc) is 2.82. The van der Waals surface area contributed by atoms with Gasteiger partial charge in [-0.25, -0.2) is 13.2 Å². The number of benzene rings is 3. The van der Waals surface area contributed by atoms with Crippen LogP contribution in [0.15, 0.2) is 77.7 Å². The van der Waals surface area contributed by atoms with Crippen LogP contribution in [-0.2, 0) is 31.5 Å². The number of ether oxygens (including phenoxy) is 1. The first-order valence-corrected chi connectivity index (χ1v) is 13.0. The first-order valence-electron chi connectivity index (χ1n) is 11.6. The van der Waals surface area contributed by atoms with Crippen molar-refractivity contribution >= 4 is 27.6 Å². The summed E-state index contributed by atoms with van der Waals surface area (Å²) in [4.78, 5) is 26.9. The predicted molar refractivity (Wildman–Crippen MR) is 140 cm³/mol. The van der Waals surface area contributed by atoms with Crippen LogP contribution in [0.4, 0.5) is 5.69 Å². The van der Waals surface area contributed by atoms with Crippen molar-refractivity contribution in [3.63, 3.8) is 0 Å². The summed E-state index contributed by atoms with van der Waals surface area (Å²) in [6.07, 6.45) is 0. The molecule has 0 saturated heterocycles. The molecule has 190 valence electrons. The molecule has 7 nitrogen and oxygen atoms in total. The van der Waals surface area contributed by atoms with Gasteiger partial charge >= 0.3 is 5.97 Å². The highest BCUT2D eigenvalue weighted by atomic mass is 32.2. The van der Waals surface area contributed by atoms with E-state index in [1.54, 1.807) is 38.2 Å². The van der Waals surface area contributed by atoms with Gasteiger partial charge in [0.2, 0.25) is 0 Å². The normalized spacial score (nSPS) is 11.6. The number of nitrogens with zero attached hydrogens (tertiary/aromatic N) is 1. The van der Waals surface area contributed by atoms with Crippen LogP contribution in [0.3, 0.4) is 0 Å². The zero-order chi connectivity index (χ0) is 26.5. The second-order valence-corrected chi connectivity index (χ2v) is 11.3. The molecule has 3 aromatic rings. The van der Waals surface area contributed by atoms with E-state index in [0.29, 0.717) is 12.1 Å². The quantitative estimate of drug-likeness (QED) is 0.437. The van der Waals surface area contributed by atoms with Gasteiger partial charge in [-0.3, -0.25) is 9.52 Å². The SMILES string of the molecule is Cc1ccc(C(C)(C)C)cc1S(=O)(=O)Nc1ccccc1C(=O)OCC(=O)N(C)Cc1ccccc1. The van der Waals surface area contributed by atoms with Crippen LogP contribution in [-0.4, -0.2) is 38.8 Å². The second kappa shape index (κ2) is 11.0. The Balaban J connectivity index is 1.74. The number of carbonyl (C=O) groups is 2. The molecule has 0 radical (unpaired) electrons. The van der Waals surface area contributed by atoms with Crippen LogP contribution in [0.25, 0.3) is 0 Å². The summed E-state index contributed by atoms with van der Waals surface area (Å²) in [5, 5.41) is 0. The van der Waals surface area contributed by atoms with E-state index in [-0.39, 0.29) is 27.5 Å². The van der Waals surface area contributed by atoms with E-state index in [4.69, 9.17) is 4.74 Å². The molecule has 0 fully saturated rings. The first kappa shape index (κ1) is 26.9. The summed E-state index contributed by atoms with van der Waals surface area (Å²) in [5.74, 6) is -1.17. The minimum atomic E-state index is -4.00. The van der Waals surface area contributed by atoms with E-state index < -0.39 is 22.6 Å². The molecule has 8 heteroatoms. The summed E-state index contributed by atoms with van der Waals surface area (Å²) >= 11 is 0. The number of likely N-dealkylation sites (N-methyl/N-ethyl adjacent to an activating group) is 1. The fourth-order valence-corrected chi connectivity index (χ4v) is 4.92. The molecule has 0 aliphatic rings. The van der Waals surface area contributed by atoms with Crippen molar-refractivity contribution in [1.82, 2.24) is 4.90 Å². The molecular weight excluding hydrogens is 476 g/mol. The van der Waals surface area contributed by atoms with Gasteiger partial charge in [-0.1, -0.05) is 75.4 Å². The summed E-state index contributed by atoms with van der Waals surface area (Å²) in [6, 6.07) is 20.9. The highest BCUT2D eigenvalue weighted by molar-refractivity contribution is 7.92. The molecule has 3 rings (SSSR count). The highest BCUT2D eigenvalue weighted by Crippen LogP contribution is 2.28. The number of amides is 1. The minimum Gasteiger partial charge on any atom is -0.452 e. The number of hydrogen-bond acceptors (Lipinski definition) is 5. The van der Waals surface area contributed by atoms with Gasteiger partial charge in [0.05, 0.1) is 16.1 Å². The number of aryl methyl sites for hydroxylation is 1. The van der Waals surface area contributed by atoms with E-state index in [9.17, 15) is 18.0 Å². The van der Waals surface area contributed by atoms with E-state index in [1.807, 2.05) is 57.2 Å². The van der Waals surface area contributed by atoms with Gasteiger partial charge in [-0.15, -0.1) is 0 Å². The lowest BCUT2D eigenvalue weighted by atomic mass is 9.87. The number of anilines is 1. The maximum Gasteiger partial charge on any atom is 0.340 e. The van der Waals surface area contributed by atoms with Crippen molar-refractivity contribution in [1.29, 1.82) is 0 Å². The van der Waals surface area contributed by atoms with Gasteiger partial charge in [0.1, 0.15) is 0 Å². The predicted octanol–water partition coefficient (Wildman–Crippen LogP) is 4.91. The molecule has 1 N–H and O–H groups in total. The van der Waals surface area contributed by atoms with Crippen LogP contribution < -0.4 is 4.72 Å². The van der Waals surface area contributed by atoms with Crippen molar-refractivity contribution in [3.8, 4) is 0 Å². The number of sulfonamides is 1. The standard InChI is InChI=1S/C28H32N2O5S/c1-20-15-16-22(28(2,3)4)17-25(20)36(33,34)29-24-14-10-9-13-23(24)27(32)35-19-26(31)30(5)18-21-11-7-6-8-12-21/h6-17,29H,18-19H2,1-5H3. The van der Waals surface area contributed by atoms with Crippen LogP contribution in [0, 0.1) is 6.92 Å². The van der Waals surface area contributed by atoms with Crippen molar-refractivity contribution in [2.24, 2.45) is 0 Å². The second-order valence-electron chi connectivity index (χ2n) is 9.69. The van der Waals surface area contributed by atoms with Gasteiger partial charge in [0.25, 0.3) is 15.9 Å². The van der Waals surface area contributed by atoms with Crippen LogP contribution in [0.5, 0.6) is 0 Å².